The number of ether oxygens (including phenoxy) is 1. The molecule has 0 heterocycles. The standard InChI is InChI=1S/C10H20O2/c1-9(2,3)12-8-6-7(11)10(8,4)5/h7-8,11H,6H2,1-5H3/t7-,8+/m1/s1. The van der Waals surface area contributed by atoms with Crippen LogP contribution < -0.4 is 0 Å². The van der Waals surface area contributed by atoms with Crippen molar-refractivity contribution in [2.45, 2.75) is 58.8 Å². The number of hydrogen-bond donors (Lipinski definition) is 1. The molecule has 1 saturated carbocycles. The lowest BCUT2D eigenvalue weighted by Gasteiger charge is -2.50. The summed E-state index contributed by atoms with van der Waals surface area (Å²) in [4.78, 5) is 0. The van der Waals surface area contributed by atoms with Gasteiger partial charge in [-0.15, -0.1) is 0 Å². The minimum Gasteiger partial charge on any atom is -0.392 e. The van der Waals surface area contributed by atoms with Crippen LogP contribution in [0.1, 0.15) is 41.0 Å². The number of aliphatic hydroxyl groups excluding tert-OH is 1. The van der Waals surface area contributed by atoms with E-state index in [1.165, 1.54) is 0 Å². The van der Waals surface area contributed by atoms with Gasteiger partial charge in [-0.1, -0.05) is 13.8 Å². The molecule has 1 fully saturated rings. The fourth-order valence-corrected chi connectivity index (χ4v) is 1.49. The molecular formula is C10H20O2. The van der Waals surface area contributed by atoms with E-state index in [9.17, 15) is 5.11 Å². The van der Waals surface area contributed by atoms with Crippen molar-refractivity contribution in [1.82, 2.24) is 0 Å². The fourth-order valence-electron chi connectivity index (χ4n) is 1.49. The van der Waals surface area contributed by atoms with E-state index in [0.29, 0.717) is 0 Å². The molecule has 0 aromatic rings. The second kappa shape index (κ2) is 2.71. The molecule has 1 aliphatic rings. The molecule has 1 rings (SSSR count). The summed E-state index contributed by atoms with van der Waals surface area (Å²) in [7, 11) is 0. The first-order valence-electron chi connectivity index (χ1n) is 4.59. The predicted octanol–water partition coefficient (Wildman–Crippen LogP) is 1.96. The van der Waals surface area contributed by atoms with E-state index in [1.807, 2.05) is 20.8 Å². The van der Waals surface area contributed by atoms with E-state index in [2.05, 4.69) is 13.8 Å². The summed E-state index contributed by atoms with van der Waals surface area (Å²) in [6.45, 7) is 10.3. The van der Waals surface area contributed by atoms with Crippen LogP contribution in [-0.2, 0) is 4.74 Å². The average Bonchev–Trinajstić information content (AvgIpc) is 1.84. The van der Waals surface area contributed by atoms with Gasteiger partial charge in [0.05, 0.1) is 17.8 Å². The third-order valence-corrected chi connectivity index (χ3v) is 2.62. The van der Waals surface area contributed by atoms with Gasteiger partial charge in [0.2, 0.25) is 0 Å². The molecule has 0 amide bonds. The first kappa shape index (κ1) is 10.0. The Bertz CT molecular complexity index is 167. The zero-order valence-electron chi connectivity index (χ0n) is 8.72. The van der Waals surface area contributed by atoms with Crippen molar-refractivity contribution in [3.63, 3.8) is 0 Å². The van der Waals surface area contributed by atoms with Gasteiger partial charge in [0.15, 0.2) is 0 Å². The second-order valence-electron chi connectivity index (χ2n) is 5.29. The minimum absolute atomic E-state index is 0.0622. The van der Waals surface area contributed by atoms with Crippen LogP contribution >= 0.6 is 0 Å². The van der Waals surface area contributed by atoms with Gasteiger partial charge in [-0.2, -0.15) is 0 Å². The summed E-state index contributed by atoms with van der Waals surface area (Å²) >= 11 is 0. The van der Waals surface area contributed by atoms with E-state index in [-0.39, 0.29) is 23.2 Å². The number of hydrogen-bond acceptors (Lipinski definition) is 2. The van der Waals surface area contributed by atoms with Crippen LogP contribution in [-0.4, -0.2) is 22.9 Å². The van der Waals surface area contributed by atoms with Gasteiger partial charge in [0.25, 0.3) is 0 Å². The molecule has 1 aliphatic carbocycles. The third-order valence-electron chi connectivity index (χ3n) is 2.62. The van der Waals surface area contributed by atoms with Crippen molar-refractivity contribution >= 4 is 0 Å². The highest BCUT2D eigenvalue weighted by atomic mass is 16.5. The van der Waals surface area contributed by atoms with Gasteiger partial charge in [0, 0.05) is 11.8 Å². The Morgan fingerprint density at radius 2 is 1.83 bits per heavy atom. The lowest BCUT2D eigenvalue weighted by molar-refractivity contribution is -0.212. The highest BCUT2D eigenvalue weighted by Gasteiger charge is 2.49. The van der Waals surface area contributed by atoms with Gasteiger partial charge in [-0.3, -0.25) is 0 Å². The monoisotopic (exact) mass is 172 g/mol. The highest BCUT2D eigenvalue weighted by molar-refractivity contribution is 4.98. The van der Waals surface area contributed by atoms with E-state index in [0.717, 1.165) is 6.42 Å². The van der Waals surface area contributed by atoms with Crippen LogP contribution in [0.25, 0.3) is 0 Å². The van der Waals surface area contributed by atoms with Crippen molar-refractivity contribution in [3.8, 4) is 0 Å². The largest absolute Gasteiger partial charge is 0.392 e. The molecule has 0 aliphatic heterocycles. The fraction of sp³-hybridized carbons (Fsp3) is 1.00. The van der Waals surface area contributed by atoms with Crippen LogP contribution in [0.15, 0.2) is 0 Å². The first-order valence-corrected chi connectivity index (χ1v) is 4.59. The van der Waals surface area contributed by atoms with Gasteiger partial charge in [-0.25, -0.2) is 0 Å². The Balaban J connectivity index is 2.48. The molecule has 0 saturated heterocycles. The SMILES string of the molecule is CC(C)(C)O[C@H]1C[C@@H](O)C1(C)C. The maximum absolute atomic E-state index is 9.46. The number of aliphatic hydroxyl groups is 1. The molecule has 2 heteroatoms. The summed E-state index contributed by atoms with van der Waals surface area (Å²) in [6, 6.07) is 0. The quantitative estimate of drug-likeness (QED) is 0.655. The summed E-state index contributed by atoms with van der Waals surface area (Å²) in [6.07, 6.45) is 0.807. The molecule has 72 valence electrons. The molecule has 2 atom stereocenters. The summed E-state index contributed by atoms with van der Waals surface area (Å²) < 4.78 is 5.80. The van der Waals surface area contributed by atoms with Gasteiger partial charge < -0.3 is 9.84 Å². The summed E-state index contributed by atoms with van der Waals surface area (Å²) in [5.74, 6) is 0. The maximum atomic E-state index is 9.46. The van der Waals surface area contributed by atoms with Crippen LogP contribution in [0, 0.1) is 5.41 Å². The van der Waals surface area contributed by atoms with E-state index >= 15 is 0 Å². The third kappa shape index (κ3) is 1.80. The first-order chi connectivity index (χ1) is 5.23. The van der Waals surface area contributed by atoms with Crippen molar-refractivity contribution in [1.29, 1.82) is 0 Å². The Morgan fingerprint density at radius 3 is 2.08 bits per heavy atom. The van der Waals surface area contributed by atoms with Gasteiger partial charge in [-0.05, 0) is 20.8 Å². The summed E-state index contributed by atoms with van der Waals surface area (Å²) in [5, 5.41) is 9.46. The molecule has 0 bridgehead atoms. The van der Waals surface area contributed by atoms with Gasteiger partial charge >= 0.3 is 0 Å². The Kier molecular flexibility index (Phi) is 2.26. The van der Waals surface area contributed by atoms with Crippen molar-refractivity contribution in [2.24, 2.45) is 5.41 Å². The van der Waals surface area contributed by atoms with E-state index < -0.39 is 0 Å². The van der Waals surface area contributed by atoms with Crippen molar-refractivity contribution in [2.75, 3.05) is 0 Å². The molecule has 0 aromatic heterocycles. The topological polar surface area (TPSA) is 29.5 Å². The molecule has 0 aromatic carbocycles. The summed E-state index contributed by atoms with van der Waals surface area (Å²) in [5.41, 5.74) is -0.157. The van der Waals surface area contributed by atoms with Crippen molar-refractivity contribution < 1.29 is 9.84 Å². The lowest BCUT2D eigenvalue weighted by atomic mass is 9.66. The Morgan fingerprint density at radius 1 is 1.33 bits per heavy atom. The molecule has 0 spiro atoms. The Hall–Kier alpha value is -0.0800. The highest BCUT2D eigenvalue weighted by Crippen LogP contribution is 2.44. The van der Waals surface area contributed by atoms with Gasteiger partial charge in [0.1, 0.15) is 0 Å². The molecular weight excluding hydrogens is 152 g/mol. The normalized spacial score (nSPS) is 34.5. The molecule has 0 unspecified atom stereocenters. The molecule has 2 nitrogen and oxygen atoms in total. The zero-order valence-corrected chi connectivity index (χ0v) is 8.72. The molecule has 12 heavy (non-hydrogen) atoms. The van der Waals surface area contributed by atoms with Crippen LogP contribution in [0.5, 0.6) is 0 Å². The van der Waals surface area contributed by atoms with E-state index in [1.54, 1.807) is 0 Å². The van der Waals surface area contributed by atoms with Crippen LogP contribution in [0.3, 0.4) is 0 Å². The minimum atomic E-state index is -0.190. The molecule has 1 N–H and O–H groups in total. The molecule has 0 radical (unpaired) electrons. The number of rotatable bonds is 1. The maximum Gasteiger partial charge on any atom is 0.0682 e. The zero-order chi connectivity index (χ0) is 9.57. The van der Waals surface area contributed by atoms with E-state index in [4.69, 9.17) is 4.74 Å². The second-order valence-corrected chi connectivity index (χ2v) is 5.29. The average molecular weight is 172 g/mol. The lowest BCUT2D eigenvalue weighted by Crippen LogP contribution is -2.56. The predicted molar refractivity (Wildman–Crippen MR) is 49.0 cm³/mol. The van der Waals surface area contributed by atoms with Crippen LogP contribution in [0.2, 0.25) is 0 Å². The smallest absolute Gasteiger partial charge is 0.0682 e. The van der Waals surface area contributed by atoms with Crippen molar-refractivity contribution in [3.05, 3.63) is 0 Å². The van der Waals surface area contributed by atoms with Crippen LogP contribution in [0.4, 0.5) is 0 Å². The Labute approximate surface area is 74.9 Å².